The zero-order valence-corrected chi connectivity index (χ0v) is 19.2. The average molecular weight is 457 g/mol. The molecule has 1 amide bonds. The number of nitrogens with one attached hydrogen (secondary N) is 1. The normalized spacial score (nSPS) is 12.1. The molecule has 3 rings (SSSR count). The van der Waals surface area contributed by atoms with Gasteiger partial charge >= 0.3 is 11.7 Å². The van der Waals surface area contributed by atoms with E-state index in [9.17, 15) is 19.2 Å². The van der Waals surface area contributed by atoms with Crippen LogP contribution in [-0.2, 0) is 30.2 Å². The Morgan fingerprint density at radius 2 is 1.76 bits per heavy atom. The fraction of sp³-hybridized carbons (Fsp3) is 0.409. The van der Waals surface area contributed by atoms with E-state index in [1.807, 2.05) is 0 Å². The summed E-state index contributed by atoms with van der Waals surface area (Å²) in [5.41, 5.74) is -0.0778. The molecule has 3 aromatic rings. The number of ether oxygens (including phenoxy) is 2. The third kappa shape index (κ3) is 4.81. The van der Waals surface area contributed by atoms with E-state index in [0.717, 1.165) is 4.57 Å². The van der Waals surface area contributed by atoms with Crippen molar-refractivity contribution in [2.24, 2.45) is 20.0 Å². The van der Waals surface area contributed by atoms with Gasteiger partial charge in [0, 0.05) is 19.7 Å². The fourth-order valence-electron chi connectivity index (χ4n) is 3.37. The number of hydrogen-bond acceptors (Lipinski definition) is 7. The highest BCUT2D eigenvalue weighted by molar-refractivity contribution is 5.96. The molecule has 0 aliphatic carbocycles. The molecule has 2 heterocycles. The number of fused-ring (bicyclic) bond motifs is 1. The molecule has 0 bridgehead atoms. The Balaban J connectivity index is 1.68. The maximum atomic E-state index is 12.7. The summed E-state index contributed by atoms with van der Waals surface area (Å²) in [6.45, 7) is 3.71. The number of benzene rings is 1. The topological polar surface area (TPSA) is 126 Å². The minimum Gasteiger partial charge on any atom is -0.497 e. The second-order valence-electron chi connectivity index (χ2n) is 7.91. The van der Waals surface area contributed by atoms with Gasteiger partial charge in [0.15, 0.2) is 11.2 Å². The van der Waals surface area contributed by atoms with Crippen LogP contribution in [0.5, 0.6) is 5.75 Å². The lowest BCUT2D eigenvalue weighted by atomic mass is 10.0. The van der Waals surface area contributed by atoms with Crippen molar-refractivity contribution in [1.29, 1.82) is 0 Å². The third-order valence-electron chi connectivity index (χ3n) is 5.35. The molecular weight excluding hydrogens is 430 g/mol. The van der Waals surface area contributed by atoms with Gasteiger partial charge in [0.1, 0.15) is 18.4 Å². The third-order valence-corrected chi connectivity index (χ3v) is 5.35. The van der Waals surface area contributed by atoms with Crippen molar-refractivity contribution in [3.63, 3.8) is 0 Å². The quantitative estimate of drug-likeness (QED) is 0.486. The summed E-state index contributed by atoms with van der Waals surface area (Å²) < 4.78 is 14.3. The van der Waals surface area contributed by atoms with Gasteiger partial charge < -0.3 is 19.4 Å². The number of carbonyl (C=O) groups excluding carboxylic acids is 2. The Bertz CT molecular complexity index is 1290. The number of hydrogen-bond donors (Lipinski definition) is 1. The van der Waals surface area contributed by atoms with E-state index in [0.29, 0.717) is 11.3 Å². The molecule has 1 N–H and O–H groups in total. The number of aromatic nitrogens is 4. The fourth-order valence-corrected chi connectivity index (χ4v) is 3.37. The van der Waals surface area contributed by atoms with Gasteiger partial charge in [-0.15, -0.1) is 0 Å². The van der Waals surface area contributed by atoms with Crippen LogP contribution in [-0.4, -0.2) is 50.3 Å². The van der Waals surface area contributed by atoms with Crippen LogP contribution in [0.25, 0.3) is 11.2 Å². The van der Waals surface area contributed by atoms with Gasteiger partial charge in [0.25, 0.3) is 11.5 Å². The Labute approximate surface area is 189 Å². The zero-order chi connectivity index (χ0) is 24.3. The van der Waals surface area contributed by atoms with Gasteiger partial charge in [-0.1, -0.05) is 13.8 Å². The van der Waals surface area contributed by atoms with E-state index in [1.54, 1.807) is 38.1 Å². The molecule has 176 valence electrons. The van der Waals surface area contributed by atoms with Crippen LogP contribution >= 0.6 is 0 Å². The van der Waals surface area contributed by atoms with Crippen LogP contribution in [0.15, 0.2) is 40.2 Å². The second-order valence-corrected chi connectivity index (χ2v) is 7.91. The number of imidazole rings is 1. The number of nitrogens with zero attached hydrogens (tertiary/aromatic N) is 4. The van der Waals surface area contributed by atoms with E-state index in [2.05, 4.69) is 10.3 Å². The van der Waals surface area contributed by atoms with Gasteiger partial charge in [-0.2, -0.15) is 0 Å². The van der Waals surface area contributed by atoms with E-state index in [4.69, 9.17) is 9.47 Å². The van der Waals surface area contributed by atoms with Crippen molar-refractivity contribution in [3.8, 4) is 5.75 Å². The van der Waals surface area contributed by atoms with Crippen LogP contribution < -0.4 is 21.3 Å². The molecule has 0 saturated carbocycles. The van der Waals surface area contributed by atoms with E-state index in [1.165, 1.54) is 36.7 Å². The van der Waals surface area contributed by atoms with Gasteiger partial charge in [-0.3, -0.25) is 18.7 Å². The molecule has 11 heteroatoms. The van der Waals surface area contributed by atoms with Gasteiger partial charge in [-0.05, 0) is 30.2 Å². The van der Waals surface area contributed by atoms with E-state index >= 15 is 0 Å². The molecule has 0 aliphatic rings. The van der Waals surface area contributed by atoms with Crippen LogP contribution in [0.1, 0.15) is 24.2 Å². The average Bonchev–Trinajstić information content (AvgIpc) is 3.23. The monoisotopic (exact) mass is 457 g/mol. The Morgan fingerprint density at radius 3 is 2.36 bits per heavy atom. The van der Waals surface area contributed by atoms with Crippen molar-refractivity contribution in [2.75, 3.05) is 13.7 Å². The number of esters is 1. The molecule has 0 spiro atoms. The summed E-state index contributed by atoms with van der Waals surface area (Å²) in [6.07, 6.45) is 1.42. The molecule has 1 aromatic carbocycles. The predicted octanol–water partition coefficient (Wildman–Crippen LogP) is 0.440. The minimum absolute atomic E-state index is 0.0437. The first-order valence-corrected chi connectivity index (χ1v) is 10.4. The second kappa shape index (κ2) is 9.72. The van der Waals surface area contributed by atoms with Crippen molar-refractivity contribution in [1.82, 2.24) is 24.0 Å². The van der Waals surface area contributed by atoms with E-state index in [-0.39, 0.29) is 30.2 Å². The summed E-state index contributed by atoms with van der Waals surface area (Å²) in [5, 5.41) is 2.71. The Kier molecular flexibility index (Phi) is 7.00. The van der Waals surface area contributed by atoms with Crippen LogP contribution in [0.3, 0.4) is 0 Å². The lowest BCUT2D eigenvalue weighted by molar-refractivity contribution is -0.147. The van der Waals surface area contributed by atoms with Crippen LogP contribution in [0, 0.1) is 5.92 Å². The number of methoxy groups -OCH3 is 1. The van der Waals surface area contributed by atoms with Crippen molar-refractivity contribution >= 4 is 23.0 Å². The molecule has 11 nitrogen and oxygen atoms in total. The Hall–Kier alpha value is -3.89. The number of rotatable bonds is 8. The minimum atomic E-state index is -0.854. The molecule has 0 fully saturated rings. The van der Waals surface area contributed by atoms with Gasteiger partial charge in [-0.25, -0.2) is 14.6 Å². The number of carbonyl (C=O) groups is 2. The molecule has 0 radical (unpaired) electrons. The first-order valence-electron chi connectivity index (χ1n) is 10.4. The van der Waals surface area contributed by atoms with Crippen LogP contribution in [0.2, 0.25) is 0 Å². The molecule has 0 aliphatic heterocycles. The molecule has 2 aromatic heterocycles. The van der Waals surface area contributed by atoms with Crippen molar-refractivity contribution in [2.45, 2.75) is 26.4 Å². The predicted molar refractivity (Wildman–Crippen MR) is 120 cm³/mol. The molecule has 0 saturated heterocycles. The zero-order valence-electron chi connectivity index (χ0n) is 19.2. The molecule has 33 heavy (non-hydrogen) atoms. The summed E-state index contributed by atoms with van der Waals surface area (Å²) in [6, 6.07) is 5.68. The summed E-state index contributed by atoms with van der Waals surface area (Å²) >= 11 is 0. The summed E-state index contributed by atoms with van der Waals surface area (Å²) in [7, 11) is 4.45. The molecule has 1 unspecified atom stereocenters. The van der Waals surface area contributed by atoms with Crippen LogP contribution in [0.4, 0.5) is 0 Å². The first-order chi connectivity index (χ1) is 15.6. The standard InChI is InChI=1S/C22H27N5O6/c1-13(2)16(24-19(28)14-6-8-15(32-5)9-7-14)21(30)33-11-10-27-12-23-18-17(27)20(29)26(4)22(31)25(18)3/h6-9,12-13,16H,10-11H2,1-5H3,(H,24,28). The smallest absolute Gasteiger partial charge is 0.332 e. The maximum absolute atomic E-state index is 12.7. The number of aryl methyl sites for hydroxylation is 1. The highest BCUT2D eigenvalue weighted by Gasteiger charge is 2.26. The SMILES string of the molecule is COc1ccc(C(=O)NC(C(=O)OCCn2cnc3c2c(=O)n(C)c(=O)n3C)C(C)C)cc1. The highest BCUT2D eigenvalue weighted by Crippen LogP contribution is 2.13. The van der Waals surface area contributed by atoms with Crippen molar-refractivity contribution < 1.29 is 19.1 Å². The van der Waals surface area contributed by atoms with Gasteiger partial charge in [0.05, 0.1) is 20.0 Å². The summed E-state index contributed by atoms with van der Waals surface area (Å²) in [4.78, 5) is 53.9. The van der Waals surface area contributed by atoms with Crippen molar-refractivity contribution in [3.05, 3.63) is 57.0 Å². The number of amides is 1. The van der Waals surface area contributed by atoms with Gasteiger partial charge in [0.2, 0.25) is 0 Å². The molecular formula is C22H27N5O6. The largest absolute Gasteiger partial charge is 0.497 e. The lowest BCUT2D eigenvalue weighted by Gasteiger charge is -2.21. The summed E-state index contributed by atoms with van der Waals surface area (Å²) in [5.74, 6) is -0.584. The highest BCUT2D eigenvalue weighted by atomic mass is 16.5. The van der Waals surface area contributed by atoms with E-state index < -0.39 is 29.2 Å². The first kappa shape index (κ1) is 23.8. The maximum Gasteiger partial charge on any atom is 0.332 e. The Morgan fingerprint density at radius 1 is 1.09 bits per heavy atom. The lowest BCUT2D eigenvalue weighted by Crippen LogP contribution is -2.45. The molecule has 1 atom stereocenters.